The van der Waals surface area contributed by atoms with Crippen molar-refractivity contribution >= 4 is 12.0 Å². The van der Waals surface area contributed by atoms with Crippen LogP contribution >= 0.6 is 0 Å². The highest BCUT2D eigenvalue weighted by atomic mass is 19.4. The maximum absolute atomic E-state index is 12.5. The normalized spacial score (nSPS) is 16.8. The zero-order valence-corrected chi connectivity index (χ0v) is 14.6. The number of amides is 2. The molecule has 11 heteroatoms. The summed E-state index contributed by atoms with van der Waals surface area (Å²) in [7, 11) is 0. The number of benzene rings is 1. The second-order valence-electron chi connectivity index (χ2n) is 6.20. The number of ether oxygens (including phenoxy) is 1. The quantitative estimate of drug-likeness (QED) is 0.830. The summed E-state index contributed by atoms with van der Waals surface area (Å²) >= 11 is 0. The van der Waals surface area contributed by atoms with Crippen molar-refractivity contribution in [3.05, 3.63) is 47.6 Å². The van der Waals surface area contributed by atoms with Gasteiger partial charge in [0.2, 0.25) is 5.91 Å². The molecule has 2 amide bonds. The standard InChI is InChI=1S/C17H17F3N4O4/c18-17(19,20)15-22-14(23-28-15)12-6-7-24(9-12)13(25)8-21-16(26)27-10-11-4-2-1-3-5-11/h1-5,12H,6-10H2,(H,21,26). The van der Waals surface area contributed by atoms with Crippen molar-refractivity contribution in [2.75, 3.05) is 19.6 Å². The summed E-state index contributed by atoms with van der Waals surface area (Å²) in [4.78, 5) is 28.6. The Morgan fingerprint density at radius 1 is 1.29 bits per heavy atom. The van der Waals surface area contributed by atoms with Crippen LogP contribution in [-0.2, 0) is 22.3 Å². The molecule has 150 valence electrons. The predicted molar refractivity (Wildman–Crippen MR) is 87.9 cm³/mol. The minimum atomic E-state index is -4.70. The van der Waals surface area contributed by atoms with Crippen LogP contribution < -0.4 is 5.32 Å². The van der Waals surface area contributed by atoms with Crippen LogP contribution in [0.1, 0.15) is 29.6 Å². The summed E-state index contributed by atoms with van der Waals surface area (Å²) in [5, 5.41) is 5.71. The Morgan fingerprint density at radius 3 is 2.71 bits per heavy atom. The summed E-state index contributed by atoms with van der Waals surface area (Å²) < 4.78 is 46.8. The number of hydrogen-bond acceptors (Lipinski definition) is 6. The number of nitrogens with zero attached hydrogens (tertiary/aromatic N) is 3. The number of carbonyl (C=O) groups excluding carboxylic acids is 2. The number of likely N-dealkylation sites (tertiary alicyclic amines) is 1. The van der Waals surface area contributed by atoms with Gasteiger partial charge in [0.15, 0.2) is 5.82 Å². The smallest absolute Gasteiger partial charge is 0.445 e. The highest BCUT2D eigenvalue weighted by Crippen LogP contribution is 2.31. The monoisotopic (exact) mass is 398 g/mol. The molecule has 0 aliphatic carbocycles. The molecular formula is C17H17F3N4O4. The Kier molecular flexibility index (Phi) is 5.81. The van der Waals surface area contributed by atoms with Gasteiger partial charge < -0.3 is 19.5 Å². The van der Waals surface area contributed by atoms with Crippen molar-refractivity contribution in [1.29, 1.82) is 0 Å². The van der Waals surface area contributed by atoms with E-state index in [-0.39, 0.29) is 31.4 Å². The number of hydrogen-bond donors (Lipinski definition) is 1. The lowest BCUT2D eigenvalue weighted by atomic mass is 10.1. The minimum Gasteiger partial charge on any atom is -0.445 e. The van der Waals surface area contributed by atoms with E-state index in [4.69, 9.17) is 4.74 Å². The van der Waals surface area contributed by atoms with E-state index >= 15 is 0 Å². The first-order valence-electron chi connectivity index (χ1n) is 8.46. The second kappa shape index (κ2) is 8.28. The number of halogens is 3. The zero-order valence-electron chi connectivity index (χ0n) is 14.6. The molecule has 1 aromatic carbocycles. The molecule has 3 rings (SSSR count). The van der Waals surface area contributed by atoms with Gasteiger partial charge in [0, 0.05) is 19.0 Å². The van der Waals surface area contributed by atoms with Crippen LogP contribution in [0.2, 0.25) is 0 Å². The summed E-state index contributed by atoms with van der Waals surface area (Å²) in [5.74, 6) is -2.32. The maximum Gasteiger partial charge on any atom is 0.471 e. The third-order valence-electron chi connectivity index (χ3n) is 4.19. The SMILES string of the molecule is O=C(NCC(=O)N1CCC(c2noc(C(F)(F)F)n2)C1)OCc1ccccc1. The number of rotatable bonds is 5. The van der Waals surface area contributed by atoms with Crippen molar-refractivity contribution in [3.8, 4) is 0 Å². The highest BCUT2D eigenvalue weighted by Gasteiger charge is 2.40. The molecule has 28 heavy (non-hydrogen) atoms. The summed E-state index contributed by atoms with van der Waals surface area (Å²) in [5.41, 5.74) is 0.810. The molecule has 0 bridgehead atoms. The van der Waals surface area contributed by atoms with Crippen molar-refractivity contribution in [1.82, 2.24) is 20.4 Å². The van der Waals surface area contributed by atoms with E-state index in [0.717, 1.165) is 5.56 Å². The fraction of sp³-hybridized carbons (Fsp3) is 0.412. The van der Waals surface area contributed by atoms with Crippen LogP contribution in [-0.4, -0.2) is 46.7 Å². The molecule has 1 aliphatic heterocycles. The number of aromatic nitrogens is 2. The topological polar surface area (TPSA) is 97.6 Å². The predicted octanol–water partition coefficient (Wildman–Crippen LogP) is 2.33. The fourth-order valence-electron chi connectivity index (χ4n) is 2.75. The van der Waals surface area contributed by atoms with Crippen LogP contribution in [0, 0.1) is 0 Å². The van der Waals surface area contributed by atoms with Gasteiger partial charge >= 0.3 is 18.2 Å². The molecule has 1 unspecified atom stereocenters. The molecule has 0 radical (unpaired) electrons. The molecule has 1 aliphatic rings. The van der Waals surface area contributed by atoms with Gasteiger partial charge in [-0.2, -0.15) is 18.2 Å². The largest absolute Gasteiger partial charge is 0.471 e. The van der Waals surface area contributed by atoms with Crippen LogP contribution in [0.5, 0.6) is 0 Å². The van der Waals surface area contributed by atoms with Gasteiger partial charge in [-0.15, -0.1) is 0 Å². The van der Waals surface area contributed by atoms with Crippen LogP contribution in [0.3, 0.4) is 0 Å². The summed E-state index contributed by atoms with van der Waals surface area (Å²) in [6.45, 7) is 0.267. The first kappa shape index (κ1) is 19.6. The Morgan fingerprint density at radius 2 is 2.04 bits per heavy atom. The van der Waals surface area contributed by atoms with E-state index in [1.165, 1.54) is 4.90 Å². The van der Waals surface area contributed by atoms with Crippen molar-refractivity contribution in [3.63, 3.8) is 0 Å². The van der Waals surface area contributed by atoms with Crippen LogP contribution in [0.25, 0.3) is 0 Å². The Labute approximate surface area is 157 Å². The molecule has 1 N–H and O–H groups in total. The first-order chi connectivity index (χ1) is 13.3. The Hall–Kier alpha value is -3.11. The van der Waals surface area contributed by atoms with Gasteiger partial charge in [-0.3, -0.25) is 4.79 Å². The lowest BCUT2D eigenvalue weighted by Gasteiger charge is -2.16. The third-order valence-corrected chi connectivity index (χ3v) is 4.19. The van der Waals surface area contributed by atoms with Gasteiger partial charge in [-0.05, 0) is 12.0 Å². The molecule has 0 spiro atoms. The molecule has 1 saturated heterocycles. The van der Waals surface area contributed by atoms with E-state index in [2.05, 4.69) is 20.0 Å². The van der Waals surface area contributed by atoms with E-state index in [0.29, 0.717) is 13.0 Å². The third kappa shape index (κ3) is 4.99. The lowest BCUT2D eigenvalue weighted by Crippen LogP contribution is -2.39. The average molecular weight is 398 g/mol. The molecule has 1 aromatic heterocycles. The minimum absolute atomic E-state index is 0.0754. The fourth-order valence-corrected chi connectivity index (χ4v) is 2.75. The van der Waals surface area contributed by atoms with Gasteiger partial charge in [0.25, 0.3) is 0 Å². The summed E-state index contributed by atoms with van der Waals surface area (Å²) in [6.07, 6.45) is -5.04. The molecule has 8 nitrogen and oxygen atoms in total. The second-order valence-corrected chi connectivity index (χ2v) is 6.20. The number of carbonyl (C=O) groups is 2. The molecule has 1 atom stereocenters. The van der Waals surface area contributed by atoms with Gasteiger partial charge in [-0.25, -0.2) is 4.79 Å². The van der Waals surface area contributed by atoms with E-state index in [1.807, 2.05) is 18.2 Å². The van der Waals surface area contributed by atoms with E-state index in [1.54, 1.807) is 12.1 Å². The molecule has 1 fully saturated rings. The van der Waals surface area contributed by atoms with Gasteiger partial charge in [-0.1, -0.05) is 35.5 Å². The number of alkyl halides is 3. The molecule has 0 saturated carbocycles. The highest BCUT2D eigenvalue weighted by molar-refractivity contribution is 5.82. The van der Waals surface area contributed by atoms with Gasteiger partial charge in [0.1, 0.15) is 13.2 Å². The van der Waals surface area contributed by atoms with Crippen molar-refractivity contribution in [2.45, 2.75) is 25.1 Å². The molecule has 2 aromatic rings. The maximum atomic E-state index is 12.5. The van der Waals surface area contributed by atoms with Gasteiger partial charge in [0.05, 0.1) is 0 Å². The van der Waals surface area contributed by atoms with Crippen molar-refractivity contribution < 1.29 is 32.0 Å². The lowest BCUT2D eigenvalue weighted by molar-refractivity contribution is -0.159. The Bertz CT molecular complexity index is 825. The first-order valence-corrected chi connectivity index (χ1v) is 8.46. The number of nitrogens with one attached hydrogen (secondary N) is 1. The summed E-state index contributed by atoms with van der Waals surface area (Å²) in [6, 6.07) is 9.05. The van der Waals surface area contributed by atoms with Crippen LogP contribution in [0.15, 0.2) is 34.9 Å². The zero-order chi connectivity index (χ0) is 20.1. The molecule has 2 heterocycles. The van der Waals surface area contributed by atoms with Crippen molar-refractivity contribution in [2.24, 2.45) is 0 Å². The van der Waals surface area contributed by atoms with E-state index in [9.17, 15) is 22.8 Å². The average Bonchev–Trinajstić information content (AvgIpc) is 3.34. The molecular weight excluding hydrogens is 381 g/mol. The Balaban J connectivity index is 1.43. The van der Waals surface area contributed by atoms with E-state index < -0.39 is 24.1 Å². The number of alkyl carbamates (subject to hydrolysis) is 1. The van der Waals surface area contributed by atoms with Crippen LogP contribution in [0.4, 0.5) is 18.0 Å².